The molecule has 0 aromatic heterocycles. The van der Waals surface area contributed by atoms with E-state index in [9.17, 15) is 14.4 Å². The number of amides is 3. The quantitative estimate of drug-likeness (QED) is 0.648. The number of nitrogens with zero attached hydrogens (tertiary/aromatic N) is 2. The maximum absolute atomic E-state index is 13.7. The molecule has 1 aromatic carbocycles. The third-order valence-corrected chi connectivity index (χ3v) is 6.96. The molecule has 2 N–H and O–H groups in total. The van der Waals surface area contributed by atoms with E-state index in [1.807, 2.05) is 57.1 Å². The predicted molar refractivity (Wildman–Crippen MR) is 136 cm³/mol. The summed E-state index contributed by atoms with van der Waals surface area (Å²) in [6, 6.07) is 5.59. The number of likely N-dealkylation sites (N-methyl/N-ethyl adjacent to an activating group) is 1. The van der Waals surface area contributed by atoms with Gasteiger partial charge in [0, 0.05) is 19.2 Å². The summed E-state index contributed by atoms with van der Waals surface area (Å²) in [5, 5.41) is 5.76. The smallest absolute Gasteiger partial charge is 0.247 e. The summed E-state index contributed by atoms with van der Waals surface area (Å²) in [7, 11) is 3.78. The Morgan fingerprint density at radius 2 is 1.83 bits per heavy atom. The van der Waals surface area contributed by atoms with E-state index in [1.165, 1.54) is 0 Å². The Hall–Kier alpha value is -2.87. The first-order valence-electron chi connectivity index (χ1n) is 12.6. The van der Waals surface area contributed by atoms with Crippen molar-refractivity contribution in [2.24, 2.45) is 11.8 Å². The van der Waals surface area contributed by atoms with Crippen molar-refractivity contribution in [2.75, 3.05) is 20.6 Å². The minimum absolute atomic E-state index is 0.0843. The zero-order chi connectivity index (χ0) is 25.7. The minimum atomic E-state index is -0.824. The monoisotopic (exact) mass is 484 g/mol. The highest BCUT2D eigenvalue weighted by Gasteiger charge is 2.46. The van der Waals surface area contributed by atoms with Crippen molar-refractivity contribution in [2.45, 2.75) is 71.2 Å². The van der Waals surface area contributed by atoms with Crippen molar-refractivity contribution in [1.82, 2.24) is 20.4 Å². The van der Waals surface area contributed by atoms with Gasteiger partial charge in [-0.1, -0.05) is 46.2 Å². The average molecular weight is 485 g/mol. The zero-order valence-corrected chi connectivity index (χ0v) is 21.8. The van der Waals surface area contributed by atoms with Crippen molar-refractivity contribution < 1.29 is 19.1 Å². The third kappa shape index (κ3) is 6.42. The van der Waals surface area contributed by atoms with E-state index in [0.717, 1.165) is 5.56 Å². The van der Waals surface area contributed by atoms with E-state index in [4.69, 9.17) is 4.74 Å². The minimum Gasteiger partial charge on any atom is -0.488 e. The largest absolute Gasteiger partial charge is 0.488 e. The molecule has 0 spiro atoms. The van der Waals surface area contributed by atoms with E-state index in [2.05, 4.69) is 24.5 Å². The van der Waals surface area contributed by atoms with Crippen LogP contribution in [0.15, 0.2) is 30.5 Å². The van der Waals surface area contributed by atoms with Gasteiger partial charge in [-0.3, -0.25) is 19.3 Å². The lowest BCUT2D eigenvalue weighted by Crippen LogP contribution is -2.59. The van der Waals surface area contributed by atoms with Crippen molar-refractivity contribution in [3.8, 4) is 5.75 Å². The second-order valence-electron chi connectivity index (χ2n) is 10.3. The Kier molecular flexibility index (Phi) is 8.94. The number of rotatable bonds is 6. The zero-order valence-electron chi connectivity index (χ0n) is 21.8. The van der Waals surface area contributed by atoms with Gasteiger partial charge < -0.3 is 20.3 Å². The van der Waals surface area contributed by atoms with Crippen LogP contribution < -0.4 is 15.4 Å². The fraction of sp³-hybridized carbons (Fsp3) is 0.593. The molecule has 35 heavy (non-hydrogen) atoms. The first-order valence-corrected chi connectivity index (χ1v) is 12.6. The molecule has 1 fully saturated rings. The number of benzene rings is 1. The molecule has 0 radical (unpaired) electrons. The number of ether oxygens (including phenoxy) is 1. The molecule has 0 aliphatic carbocycles. The Morgan fingerprint density at radius 3 is 2.43 bits per heavy atom. The summed E-state index contributed by atoms with van der Waals surface area (Å²) >= 11 is 0. The van der Waals surface area contributed by atoms with Crippen LogP contribution >= 0.6 is 0 Å². The molecule has 1 aromatic rings. The van der Waals surface area contributed by atoms with Crippen molar-refractivity contribution in [3.63, 3.8) is 0 Å². The molecule has 0 saturated carbocycles. The average Bonchev–Trinajstić information content (AvgIpc) is 3.23. The van der Waals surface area contributed by atoms with Gasteiger partial charge in [0.2, 0.25) is 17.7 Å². The molecule has 4 rings (SSSR count). The summed E-state index contributed by atoms with van der Waals surface area (Å²) in [6.07, 6.45) is 4.82. The molecule has 5 atom stereocenters. The molecule has 8 heteroatoms. The maximum Gasteiger partial charge on any atom is 0.247 e. The van der Waals surface area contributed by atoms with Gasteiger partial charge in [-0.2, -0.15) is 0 Å². The number of likely N-dealkylation sites (tertiary alicyclic amines) is 1. The molecule has 8 nitrogen and oxygen atoms in total. The van der Waals surface area contributed by atoms with Crippen LogP contribution in [0.1, 0.15) is 52.5 Å². The normalized spacial score (nSPS) is 25.4. The Morgan fingerprint density at radius 1 is 1.14 bits per heavy atom. The fourth-order valence-electron chi connectivity index (χ4n) is 4.70. The van der Waals surface area contributed by atoms with Gasteiger partial charge in [0.25, 0.3) is 0 Å². The standard InChI is InChI=1S/C27H40N4O4/c1-7-18(4)23-25(32)28-14-12-19-8-10-20(11-9-19)35-22-13-15-31(24(22)26(33)29-23)27(34)21(30(5)6)16-17(2)3/h8-12,14,17-18,21-24H,7,13,15-16H2,1-6H3,(H,28,32)(H,29,33)/b14-12-/t18-,21+,22+,23+,24+/m1/s1. The van der Waals surface area contributed by atoms with Crippen LogP contribution in [-0.4, -0.2) is 72.4 Å². The van der Waals surface area contributed by atoms with Crippen LogP contribution in [0.25, 0.3) is 6.08 Å². The summed E-state index contributed by atoms with van der Waals surface area (Å²) < 4.78 is 6.26. The lowest BCUT2D eigenvalue weighted by molar-refractivity contribution is -0.145. The molecule has 3 aliphatic heterocycles. The molecule has 192 valence electrons. The summed E-state index contributed by atoms with van der Waals surface area (Å²) in [6.45, 7) is 8.51. The fourth-order valence-corrected chi connectivity index (χ4v) is 4.70. The first kappa shape index (κ1) is 26.7. The Labute approximate surface area is 209 Å². The van der Waals surface area contributed by atoms with E-state index < -0.39 is 18.2 Å². The molecular weight excluding hydrogens is 444 g/mol. The van der Waals surface area contributed by atoms with Crippen molar-refractivity contribution >= 4 is 23.8 Å². The molecule has 3 amide bonds. The van der Waals surface area contributed by atoms with Crippen molar-refractivity contribution in [3.05, 3.63) is 36.0 Å². The van der Waals surface area contributed by atoms with Gasteiger partial charge in [0.15, 0.2) is 0 Å². The number of carbonyl (C=O) groups excluding carboxylic acids is 3. The summed E-state index contributed by atoms with van der Waals surface area (Å²) in [5.41, 5.74) is 0.918. The van der Waals surface area contributed by atoms with Gasteiger partial charge in [-0.05, 0) is 56.1 Å². The Bertz CT molecular complexity index is 928. The van der Waals surface area contributed by atoms with Gasteiger partial charge in [-0.25, -0.2) is 0 Å². The van der Waals surface area contributed by atoms with Gasteiger partial charge >= 0.3 is 0 Å². The lowest BCUT2D eigenvalue weighted by Gasteiger charge is -2.34. The lowest BCUT2D eigenvalue weighted by atomic mass is 9.97. The molecule has 3 heterocycles. The molecule has 3 aliphatic rings. The van der Waals surface area contributed by atoms with Gasteiger partial charge in [0.05, 0.1) is 6.04 Å². The number of hydrogen-bond acceptors (Lipinski definition) is 5. The number of nitrogens with one attached hydrogen (secondary N) is 2. The van der Waals surface area contributed by atoms with E-state index in [-0.39, 0.29) is 29.7 Å². The highest BCUT2D eigenvalue weighted by atomic mass is 16.5. The topological polar surface area (TPSA) is 91.0 Å². The maximum atomic E-state index is 13.7. The highest BCUT2D eigenvalue weighted by molar-refractivity contribution is 5.94. The van der Waals surface area contributed by atoms with E-state index in [1.54, 1.807) is 17.2 Å². The second-order valence-corrected chi connectivity index (χ2v) is 10.3. The van der Waals surface area contributed by atoms with Crippen LogP contribution in [0.4, 0.5) is 0 Å². The SMILES string of the molecule is CC[C@@H](C)[C@@H]1NC(=O)[C@@H]2[C@H](CCN2C(=O)[C@H](CC(C)C)N(C)C)Oc2ccc(cc2)/C=C\NC1=O. The van der Waals surface area contributed by atoms with Crippen LogP contribution in [-0.2, 0) is 14.4 Å². The second kappa shape index (κ2) is 11.7. The van der Waals surface area contributed by atoms with Crippen molar-refractivity contribution in [1.29, 1.82) is 0 Å². The van der Waals surface area contributed by atoms with Crippen LogP contribution in [0.5, 0.6) is 5.75 Å². The van der Waals surface area contributed by atoms with Crippen LogP contribution in [0.2, 0.25) is 0 Å². The number of fused-ring (bicyclic) bond motifs is 7. The van der Waals surface area contributed by atoms with Gasteiger partial charge in [-0.15, -0.1) is 0 Å². The highest BCUT2D eigenvalue weighted by Crippen LogP contribution is 2.27. The van der Waals surface area contributed by atoms with E-state index in [0.29, 0.717) is 37.5 Å². The van der Waals surface area contributed by atoms with Crippen LogP contribution in [0.3, 0.4) is 0 Å². The number of carbonyl (C=O) groups is 3. The molecule has 0 unspecified atom stereocenters. The third-order valence-electron chi connectivity index (χ3n) is 6.96. The summed E-state index contributed by atoms with van der Waals surface area (Å²) in [4.78, 5) is 44.0. The van der Waals surface area contributed by atoms with Crippen LogP contribution in [0, 0.1) is 11.8 Å². The van der Waals surface area contributed by atoms with E-state index >= 15 is 0 Å². The summed E-state index contributed by atoms with van der Waals surface area (Å²) in [5.74, 6) is 0.157. The molecular formula is C27H40N4O4. The Balaban J connectivity index is 1.99. The van der Waals surface area contributed by atoms with Gasteiger partial charge in [0.1, 0.15) is 23.9 Å². The molecule has 1 saturated heterocycles. The number of hydrogen-bond donors (Lipinski definition) is 2. The molecule has 2 bridgehead atoms. The first-order chi connectivity index (χ1) is 16.6. The predicted octanol–water partition coefficient (Wildman–Crippen LogP) is 2.64.